The summed E-state index contributed by atoms with van der Waals surface area (Å²) in [6, 6.07) is 114. The monoisotopic (exact) mass is 1020 g/mol. The molecule has 0 radical (unpaired) electrons. The van der Waals surface area contributed by atoms with Gasteiger partial charge in [0.15, 0.2) is 0 Å². The zero-order valence-electron chi connectivity index (χ0n) is 44.8. The van der Waals surface area contributed by atoms with Crippen molar-refractivity contribution in [1.29, 1.82) is 0 Å². The van der Waals surface area contributed by atoms with E-state index in [2.05, 4.69) is 327 Å². The van der Waals surface area contributed by atoms with E-state index in [9.17, 15) is 0 Å². The number of benzene rings is 13. The van der Waals surface area contributed by atoms with E-state index in [4.69, 9.17) is 0 Å². The Kier molecular flexibility index (Phi) is 11.1. The van der Waals surface area contributed by atoms with E-state index in [1.807, 2.05) is 0 Å². The van der Waals surface area contributed by atoms with Gasteiger partial charge >= 0.3 is 0 Å². The molecule has 2 heteroatoms. The fraction of sp³-hybridized carbons (Fsp3) is 0.0513. The molecule has 0 unspecified atom stereocenters. The quantitative estimate of drug-likeness (QED) is 0.135. The third-order valence-corrected chi connectivity index (χ3v) is 17.3. The number of anilines is 6. The van der Waals surface area contributed by atoms with E-state index in [1.54, 1.807) is 0 Å². The van der Waals surface area contributed by atoms with Gasteiger partial charge in [-0.25, -0.2) is 0 Å². The summed E-state index contributed by atoms with van der Waals surface area (Å²) >= 11 is 0. The Morgan fingerprint density at radius 2 is 0.550 bits per heavy atom. The van der Waals surface area contributed by atoms with E-state index in [0.29, 0.717) is 0 Å². The zero-order valence-corrected chi connectivity index (χ0v) is 44.8. The second-order valence-electron chi connectivity index (χ2n) is 21.6. The van der Waals surface area contributed by atoms with Gasteiger partial charge in [-0.3, -0.25) is 0 Å². The molecule has 0 heterocycles. The molecule has 0 amide bonds. The Labute approximate surface area is 468 Å². The van der Waals surface area contributed by atoms with Crippen molar-refractivity contribution in [3.8, 4) is 22.3 Å². The number of para-hydroxylation sites is 4. The molecule has 378 valence electrons. The summed E-state index contributed by atoms with van der Waals surface area (Å²) in [5.74, 6) is 0. The lowest BCUT2D eigenvalue weighted by Crippen LogP contribution is -2.35. The molecule has 80 heavy (non-hydrogen) atoms. The molecular weight excluding hydrogens is 965 g/mol. The van der Waals surface area contributed by atoms with Crippen LogP contribution < -0.4 is 9.80 Å². The van der Waals surface area contributed by atoms with Crippen molar-refractivity contribution in [3.05, 3.63) is 359 Å². The Morgan fingerprint density at radius 1 is 0.237 bits per heavy atom. The van der Waals surface area contributed by atoms with E-state index >= 15 is 0 Å². The lowest BCUT2D eigenvalue weighted by Gasteiger charge is -2.41. The molecule has 0 N–H and O–H groups in total. The van der Waals surface area contributed by atoms with E-state index in [-0.39, 0.29) is 0 Å². The number of rotatable bonds is 10. The van der Waals surface area contributed by atoms with Gasteiger partial charge in [0.25, 0.3) is 0 Å². The van der Waals surface area contributed by atoms with Gasteiger partial charge in [-0.15, -0.1) is 0 Å². The third kappa shape index (κ3) is 7.12. The normalized spacial score (nSPS) is 13.3. The molecule has 2 nitrogen and oxygen atoms in total. The molecule has 15 rings (SSSR count). The number of hydrogen-bond donors (Lipinski definition) is 0. The largest absolute Gasteiger partial charge is 0.310 e. The Balaban J connectivity index is 1.04. The van der Waals surface area contributed by atoms with Gasteiger partial charge in [0, 0.05) is 34.1 Å². The van der Waals surface area contributed by atoms with Crippen molar-refractivity contribution in [2.75, 3.05) is 9.80 Å². The predicted octanol–water partition coefficient (Wildman–Crippen LogP) is 20.3. The standard InChI is InChI=1S/C78H56N2/c1-53-25-21-23-39-73(53)79(63-35-17-7-18-36-63)65-43-41-55-49-69-67-45-46-68-70-50-56-42-44-66(80(64-37-19-8-20-38-64)74-40-24-22-26-54(74)2)48-58(56)52-72(70)78(61-31-13-5-14-32-61,62-33-15-6-16-34-62)76(68)75(67)77(59-27-9-3-10-28-59,60-29-11-4-12-30-60)71(69)51-57(55)47-65/h3-52H,1-2H3. The van der Waals surface area contributed by atoms with Crippen molar-refractivity contribution < 1.29 is 0 Å². The van der Waals surface area contributed by atoms with E-state index < -0.39 is 10.8 Å². The highest BCUT2D eigenvalue weighted by Crippen LogP contribution is 2.66. The highest BCUT2D eigenvalue weighted by atomic mass is 15.1. The number of fused-ring (bicyclic) bond motifs is 9. The fourth-order valence-electron chi connectivity index (χ4n) is 13.9. The van der Waals surface area contributed by atoms with Crippen LogP contribution in [0.25, 0.3) is 43.8 Å². The highest BCUT2D eigenvalue weighted by molar-refractivity contribution is 6.04. The van der Waals surface area contributed by atoms with Crippen LogP contribution in [0.1, 0.15) is 55.6 Å². The first-order valence-corrected chi connectivity index (χ1v) is 27.9. The molecule has 0 aliphatic heterocycles. The molecule has 0 atom stereocenters. The number of aryl methyl sites for hydroxylation is 2. The molecule has 0 bridgehead atoms. The van der Waals surface area contributed by atoms with Gasteiger partial charge in [0.1, 0.15) is 0 Å². The summed E-state index contributed by atoms with van der Waals surface area (Å²) in [5.41, 5.74) is 22.9. The van der Waals surface area contributed by atoms with Crippen molar-refractivity contribution in [2.45, 2.75) is 24.7 Å². The summed E-state index contributed by atoms with van der Waals surface area (Å²) in [6.07, 6.45) is 0. The summed E-state index contributed by atoms with van der Waals surface area (Å²) < 4.78 is 0. The zero-order chi connectivity index (χ0) is 53.4. The van der Waals surface area contributed by atoms with Gasteiger partial charge in [-0.05, 0) is 198 Å². The molecule has 0 saturated heterocycles. The first-order chi connectivity index (χ1) is 39.5. The lowest BCUT2D eigenvalue weighted by atomic mass is 9.60. The minimum absolute atomic E-state index is 0.745. The van der Waals surface area contributed by atoms with Crippen LogP contribution in [0.5, 0.6) is 0 Å². The van der Waals surface area contributed by atoms with Gasteiger partial charge in [0.05, 0.1) is 10.8 Å². The van der Waals surface area contributed by atoms with Gasteiger partial charge < -0.3 is 9.80 Å². The van der Waals surface area contributed by atoms with Gasteiger partial charge in [-0.2, -0.15) is 0 Å². The first-order valence-electron chi connectivity index (χ1n) is 27.9. The van der Waals surface area contributed by atoms with Crippen LogP contribution in [0.4, 0.5) is 34.1 Å². The van der Waals surface area contributed by atoms with Crippen LogP contribution in [0.2, 0.25) is 0 Å². The van der Waals surface area contributed by atoms with Crippen molar-refractivity contribution >= 4 is 55.7 Å². The summed E-state index contributed by atoms with van der Waals surface area (Å²) in [4.78, 5) is 4.82. The molecule has 0 fully saturated rings. The SMILES string of the molecule is Cc1ccccc1N(c1ccccc1)c1ccc2cc3c(cc2c1)C(c1ccccc1)(c1ccccc1)c1c-3ccc2c1C(c1ccccc1)(c1ccccc1)c1cc3cc(N(c4ccccc4)c4ccccc4C)ccc3cc1-2. The third-order valence-electron chi connectivity index (χ3n) is 17.3. The molecule has 13 aromatic carbocycles. The van der Waals surface area contributed by atoms with E-state index in [1.165, 1.54) is 99.4 Å². The Bertz CT molecular complexity index is 4110. The van der Waals surface area contributed by atoms with Crippen molar-refractivity contribution in [1.82, 2.24) is 0 Å². The second kappa shape index (κ2) is 18.9. The van der Waals surface area contributed by atoms with Crippen LogP contribution in [-0.4, -0.2) is 0 Å². The fourth-order valence-corrected chi connectivity index (χ4v) is 13.9. The van der Waals surface area contributed by atoms with Crippen LogP contribution in [0.15, 0.2) is 303 Å². The topological polar surface area (TPSA) is 6.48 Å². The summed E-state index contributed by atoms with van der Waals surface area (Å²) in [7, 11) is 0. The molecule has 13 aromatic rings. The molecule has 0 spiro atoms. The molecule has 0 saturated carbocycles. The average Bonchev–Trinajstić information content (AvgIpc) is 2.96. The first kappa shape index (κ1) is 47.2. The maximum atomic E-state index is 2.54. The smallest absolute Gasteiger partial charge is 0.0717 e. The van der Waals surface area contributed by atoms with Gasteiger partial charge in [0.2, 0.25) is 0 Å². The molecule has 2 aliphatic rings. The Hall–Kier alpha value is -10.0. The maximum absolute atomic E-state index is 2.54. The molecule has 0 aromatic heterocycles. The molecule has 2 aliphatic carbocycles. The van der Waals surface area contributed by atoms with Crippen LogP contribution in [0, 0.1) is 13.8 Å². The lowest BCUT2D eigenvalue weighted by molar-refractivity contribution is 0.705. The minimum Gasteiger partial charge on any atom is -0.310 e. The predicted molar refractivity (Wildman–Crippen MR) is 335 cm³/mol. The molecular formula is C78H56N2. The van der Waals surface area contributed by atoms with Crippen LogP contribution >= 0.6 is 0 Å². The van der Waals surface area contributed by atoms with E-state index in [0.717, 1.165) is 34.1 Å². The minimum atomic E-state index is -0.745. The average molecular weight is 1020 g/mol. The number of hydrogen-bond acceptors (Lipinski definition) is 2. The van der Waals surface area contributed by atoms with Gasteiger partial charge in [-0.1, -0.05) is 218 Å². The maximum Gasteiger partial charge on any atom is 0.0717 e. The highest BCUT2D eigenvalue weighted by Gasteiger charge is 2.55. The summed E-state index contributed by atoms with van der Waals surface area (Å²) in [5, 5.41) is 4.78. The number of nitrogens with zero attached hydrogens (tertiary/aromatic N) is 2. The van der Waals surface area contributed by atoms with Crippen LogP contribution in [-0.2, 0) is 10.8 Å². The second-order valence-corrected chi connectivity index (χ2v) is 21.6. The summed E-state index contributed by atoms with van der Waals surface area (Å²) in [6.45, 7) is 4.41. The van der Waals surface area contributed by atoms with Crippen molar-refractivity contribution in [3.63, 3.8) is 0 Å². The van der Waals surface area contributed by atoms with Crippen molar-refractivity contribution in [2.24, 2.45) is 0 Å². The van der Waals surface area contributed by atoms with Crippen LogP contribution in [0.3, 0.4) is 0 Å². The Morgan fingerprint density at radius 3 is 0.887 bits per heavy atom.